The normalized spacial score (nSPS) is 19.5. The third-order valence-corrected chi connectivity index (χ3v) is 7.27. The molecule has 2 aliphatic rings. The van der Waals surface area contributed by atoms with Crippen molar-refractivity contribution >= 4 is 28.9 Å². The fourth-order valence-corrected chi connectivity index (χ4v) is 5.29. The second kappa shape index (κ2) is 10.2. The Bertz CT molecular complexity index is 1180. The lowest BCUT2D eigenvalue weighted by Crippen LogP contribution is -2.60. The first-order chi connectivity index (χ1) is 17.0. The quantitative estimate of drug-likeness (QED) is 0.533. The first-order valence-corrected chi connectivity index (χ1v) is 12.3. The summed E-state index contributed by atoms with van der Waals surface area (Å²) in [6.45, 7) is 3.41. The summed E-state index contributed by atoms with van der Waals surface area (Å²) in [6, 6.07) is 21.7. The molecule has 35 heavy (non-hydrogen) atoms. The summed E-state index contributed by atoms with van der Waals surface area (Å²) in [4.78, 5) is 18.4. The Kier molecular flexibility index (Phi) is 6.84. The Morgan fingerprint density at radius 2 is 1.69 bits per heavy atom. The fraction of sp³-hybridized carbons (Fsp3) is 0.321. The van der Waals surface area contributed by atoms with Crippen molar-refractivity contribution in [2.75, 3.05) is 44.1 Å². The van der Waals surface area contributed by atoms with Crippen molar-refractivity contribution in [3.8, 4) is 11.5 Å². The monoisotopic (exact) mass is 491 g/mol. The topological polar surface area (TPSA) is 54.0 Å². The van der Waals surface area contributed by atoms with Crippen molar-refractivity contribution < 1.29 is 14.3 Å². The number of piperazine rings is 1. The van der Waals surface area contributed by atoms with Gasteiger partial charge in [0.2, 0.25) is 5.91 Å². The summed E-state index contributed by atoms with van der Waals surface area (Å²) in [5, 5.41) is 3.88. The van der Waals surface area contributed by atoms with Crippen molar-refractivity contribution in [1.29, 1.82) is 0 Å². The summed E-state index contributed by atoms with van der Waals surface area (Å²) in [5.74, 6) is 1.47. The molecular weight excluding hydrogens is 462 g/mol. The van der Waals surface area contributed by atoms with E-state index in [1.165, 1.54) is 16.8 Å². The van der Waals surface area contributed by atoms with Gasteiger partial charge < -0.3 is 19.7 Å². The van der Waals surface area contributed by atoms with Crippen LogP contribution in [0.3, 0.4) is 0 Å². The molecule has 2 heterocycles. The standard InChI is InChI=1S/C28H30ClN3O3/c1-34-23-11-8-22(9-12-23)30-28(33)25-15-20-5-10-24(35-2)16-26(20)32-14-13-31(18-27(25)32)17-19-3-6-21(29)7-4-19/h3-12,16,25,27H,13-15,17-18H2,1-2H3,(H,30,33). The van der Waals surface area contributed by atoms with Gasteiger partial charge in [0.1, 0.15) is 11.5 Å². The van der Waals surface area contributed by atoms with E-state index < -0.39 is 0 Å². The number of hydrogen-bond acceptors (Lipinski definition) is 5. The van der Waals surface area contributed by atoms with Crippen LogP contribution in [0.4, 0.5) is 11.4 Å². The van der Waals surface area contributed by atoms with E-state index >= 15 is 0 Å². The zero-order valence-electron chi connectivity index (χ0n) is 20.0. The number of rotatable bonds is 6. The molecule has 0 radical (unpaired) electrons. The number of amides is 1. The highest BCUT2D eigenvalue weighted by Gasteiger charge is 2.41. The van der Waals surface area contributed by atoms with Crippen LogP contribution in [0.25, 0.3) is 0 Å². The summed E-state index contributed by atoms with van der Waals surface area (Å²) in [7, 11) is 3.33. The predicted molar refractivity (Wildman–Crippen MR) is 140 cm³/mol. The summed E-state index contributed by atoms with van der Waals surface area (Å²) < 4.78 is 10.7. The van der Waals surface area contributed by atoms with Crippen molar-refractivity contribution in [3.05, 3.63) is 82.9 Å². The highest BCUT2D eigenvalue weighted by molar-refractivity contribution is 6.30. The molecule has 7 heteroatoms. The molecule has 0 spiro atoms. The SMILES string of the molecule is COc1ccc(NC(=O)C2Cc3ccc(OC)cc3N3CCN(Cc4ccc(Cl)cc4)CC23)cc1. The number of halogens is 1. The van der Waals surface area contributed by atoms with E-state index in [0.29, 0.717) is 6.42 Å². The van der Waals surface area contributed by atoms with Gasteiger partial charge in [-0.15, -0.1) is 0 Å². The van der Waals surface area contributed by atoms with Gasteiger partial charge in [0.05, 0.1) is 26.2 Å². The third kappa shape index (κ3) is 5.09. The molecule has 2 unspecified atom stereocenters. The van der Waals surface area contributed by atoms with E-state index in [9.17, 15) is 4.79 Å². The molecule has 0 saturated carbocycles. The van der Waals surface area contributed by atoms with Crippen molar-refractivity contribution in [2.45, 2.75) is 19.0 Å². The van der Waals surface area contributed by atoms with Crippen molar-refractivity contribution in [1.82, 2.24) is 4.90 Å². The number of fused-ring (bicyclic) bond motifs is 3. The maximum atomic E-state index is 13.6. The maximum absolute atomic E-state index is 13.6. The highest BCUT2D eigenvalue weighted by Crippen LogP contribution is 2.38. The van der Waals surface area contributed by atoms with Gasteiger partial charge >= 0.3 is 0 Å². The Morgan fingerprint density at radius 3 is 2.40 bits per heavy atom. The van der Waals surface area contributed by atoms with Crippen LogP contribution < -0.4 is 19.7 Å². The minimum Gasteiger partial charge on any atom is -0.497 e. The number of hydrogen-bond donors (Lipinski definition) is 1. The van der Waals surface area contributed by atoms with Gasteiger partial charge in [-0.2, -0.15) is 0 Å². The molecule has 3 aromatic carbocycles. The number of methoxy groups -OCH3 is 2. The van der Waals surface area contributed by atoms with Gasteiger partial charge in [0.15, 0.2) is 0 Å². The number of carbonyl (C=O) groups is 1. The van der Waals surface area contributed by atoms with Gasteiger partial charge in [-0.1, -0.05) is 29.8 Å². The van der Waals surface area contributed by atoms with E-state index in [0.717, 1.165) is 48.4 Å². The van der Waals surface area contributed by atoms with Crippen LogP contribution in [-0.4, -0.2) is 50.7 Å². The molecule has 2 atom stereocenters. The number of nitrogens with zero attached hydrogens (tertiary/aromatic N) is 2. The van der Waals surface area contributed by atoms with Gasteiger partial charge in [0, 0.05) is 48.6 Å². The maximum Gasteiger partial charge on any atom is 0.229 e. The average molecular weight is 492 g/mol. The average Bonchev–Trinajstić information content (AvgIpc) is 2.89. The minimum atomic E-state index is -0.175. The van der Waals surface area contributed by atoms with Crippen LogP contribution in [0.15, 0.2) is 66.7 Å². The van der Waals surface area contributed by atoms with Crippen LogP contribution >= 0.6 is 11.6 Å². The Labute approximate surface area is 211 Å². The van der Waals surface area contributed by atoms with Crippen molar-refractivity contribution in [3.63, 3.8) is 0 Å². The number of ether oxygens (including phenoxy) is 2. The molecule has 1 fully saturated rings. The number of nitrogens with one attached hydrogen (secondary N) is 1. The third-order valence-electron chi connectivity index (χ3n) is 7.02. The largest absolute Gasteiger partial charge is 0.497 e. The number of carbonyl (C=O) groups excluding carboxylic acids is 1. The van der Waals surface area contributed by atoms with E-state index in [2.05, 4.69) is 39.4 Å². The Balaban J connectivity index is 1.40. The lowest BCUT2D eigenvalue weighted by atomic mass is 9.83. The van der Waals surface area contributed by atoms with Crippen LogP contribution in [0, 0.1) is 5.92 Å². The second-order valence-electron chi connectivity index (χ2n) is 9.15. The van der Waals surface area contributed by atoms with Gasteiger partial charge in [-0.25, -0.2) is 0 Å². The van der Waals surface area contributed by atoms with Crippen molar-refractivity contribution in [2.24, 2.45) is 5.92 Å². The number of benzene rings is 3. The first kappa shape index (κ1) is 23.5. The van der Waals surface area contributed by atoms with E-state index in [4.69, 9.17) is 21.1 Å². The Morgan fingerprint density at radius 1 is 0.971 bits per heavy atom. The minimum absolute atomic E-state index is 0.0416. The van der Waals surface area contributed by atoms with Gasteiger partial charge in [-0.05, 0) is 60.0 Å². The predicted octanol–water partition coefficient (Wildman–Crippen LogP) is 4.86. The molecule has 0 aromatic heterocycles. The second-order valence-corrected chi connectivity index (χ2v) is 9.58. The lowest BCUT2D eigenvalue weighted by Gasteiger charge is -2.49. The van der Waals surface area contributed by atoms with Crippen LogP contribution in [0.1, 0.15) is 11.1 Å². The van der Waals surface area contributed by atoms with E-state index in [1.807, 2.05) is 42.5 Å². The molecular formula is C28H30ClN3O3. The number of anilines is 2. The Hall–Kier alpha value is -3.22. The smallest absolute Gasteiger partial charge is 0.229 e. The summed E-state index contributed by atoms with van der Waals surface area (Å²) in [5.41, 5.74) is 4.36. The molecule has 1 amide bonds. The molecule has 2 aliphatic heterocycles. The van der Waals surface area contributed by atoms with Gasteiger partial charge in [0.25, 0.3) is 0 Å². The van der Waals surface area contributed by atoms with Crippen LogP contribution in [-0.2, 0) is 17.8 Å². The van der Waals surface area contributed by atoms with Crippen LogP contribution in [0.2, 0.25) is 5.02 Å². The molecule has 6 nitrogen and oxygen atoms in total. The molecule has 5 rings (SSSR count). The molecule has 0 aliphatic carbocycles. The summed E-state index contributed by atoms with van der Waals surface area (Å²) in [6.07, 6.45) is 0.692. The van der Waals surface area contributed by atoms with E-state index in [1.54, 1.807) is 14.2 Å². The fourth-order valence-electron chi connectivity index (χ4n) is 5.16. The highest BCUT2D eigenvalue weighted by atomic mass is 35.5. The first-order valence-electron chi connectivity index (χ1n) is 11.9. The zero-order chi connectivity index (χ0) is 24.4. The van der Waals surface area contributed by atoms with E-state index in [-0.39, 0.29) is 17.9 Å². The molecule has 1 N–H and O–H groups in total. The lowest BCUT2D eigenvalue weighted by molar-refractivity contribution is -0.121. The molecule has 0 bridgehead atoms. The van der Waals surface area contributed by atoms with Crippen LogP contribution in [0.5, 0.6) is 11.5 Å². The summed E-state index contributed by atoms with van der Waals surface area (Å²) >= 11 is 6.07. The molecule has 1 saturated heterocycles. The molecule has 3 aromatic rings. The molecule has 182 valence electrons. The zero-order valence-corrected chi connectivity index (χ0v) is 20.8. The van der Waals surface area contributed by atoms with Gasteiger partial charge in [-0.3, -0.25) is 9.69 Å².